The number of hydrogen-bond donors (Lipinski definition) is 1. The van der Waals surface area contributed by atoms with Crippen molar-refractivity contribution in [3.8, 4) is 11.5 Å². The number of anilines is 2. The van der Waals surface area contributed by atoms with Crippen LogP contribution in [0, 0.1) is 0 Å². The minimum atomic E-state index is -0.528. The Morgan fingerprint density at radius 3 is 2.56 bits per heavy atom. The second-order valence-electron chi connectivity index (χ2n) is 9.91. The molecule has 3 aromatic carbocycles. The van der Waals surface area contributed by atoms with Gasteiger partial charge in [-0.2, -0.15) is 0 Å². The molecule has 43 heavy (non-hydrogen) atoms. The molecule has 2 aliphatic heterocycles. The van der Waals surface area contributed by atoms with Gasteiger partial charge >= 0.3 is 0 Å². The molecule has 2 heterocycles. The molecule has 0 saturated carbocycles. The van der Waals surface area contributed by atoms with E-state index >= 15 is 0 Å². The largest absolute Gasteiger partial charge is 0.493 e. The lowest BCUT2D eigenvalue weighted by atomic mass is 10.0. The van der Waals surface area contributed by atoms with E-state index in [1.165, 1.54) is 0 Å². The Bertz CT molecular complexity index is 1530. The number of carbonyl (C=O) groups is 3. The monoisotopic (exact) mass is 599 g/mol. The van der Waals surface area contributed by atoms with Crippen molar-refractivity contribution in [2.45, 2.75) is 13.0 Å². The summed E-state index contributed by atoms with van der Waals surface area (Å²) < 4.78 is 17.2. The smallest absolute Gasteiger partial charge is 0.294 e. The Hall–Kier alpha value is -4.54. The van der Waals surface area contributed by atoms with Gasteiger partial charge in [-0.3, -0.25) is 19.3 Å². The minimum absolute atomic E-state index is 0.219. The summed E-state index contributed by atoms with van der Waals surface area (Å²) in [5, 5.41) is 2.37. The number of benzene rings is 3. The highest BCUT2D eigenvalue weighted by Crippen LogP contribution is 2.37. The van der Waals surface area contributed by atoms with Crippen molar-refractivity contribution in [3.63, 3.8) is 0 Å². The molecule has 0 atom stereocenters. The highest BCUT2D eigenvalue weighted by atomic mass is 32.2. The average molecular weight is 600 g/mol. The first-order valence-electron chi connectivity index (χ1n) is 13.9. The van der Waals surface area contributed by atoms with E-state index in [4.69, 9.17) is 14.2 Å². The predicted molar refractivity (Wildman–Crippen MR) is 168 cm³/mol. The standard InChI is InChI=1S/C33H33N3O6S/c1-3-9-25-18-24(19-28(40-2)31(25)42-22-23-10-5-4-6-11-23)20-29-32(38)36(33(39)43-29)21-30(37)34-26-12-7-8-13-27(26)35-14-16-41-17-15-35/h3-8,10-13,18-20H,1,9,14-17,21-22H2,2H3,(H,34,37)/b29-20-. The number of nitrogens with one attached hydrogen (secondary N) is 1. The number of amides is 3. The van der Waals surface area contributed by atoms with E-state index < -0.39 is 23.6 Å². The summed E-state index contributed by atoms with van der Waals surface area (Å²) in [7, 11) is 1.55. The zero-order chi connectivity index (χ0) is 30.2. The van der Waals surface area contributed by atoms with Crippen LogP contribution in [0.1, 0.15) is 16.7 Å². The Kier molecular flexibility index (Phi) is 9.81. The van der Waals surface area contributed by atoms with E-state index in [1.54, 1.807) is 31.4 Å². The number of carbonyl (C=O) groups excluding carboxylic acids is 3. The molecule has 0 unspecified atom stereocenters. The molecular formula is C33H33N3O6S. The number of hydrogen-bond acceptors (Lipinski definition) is 8. The lowest BCUT2D eigenvalue weighted by Gasteiger charge is -2.30. The third kappa shape index (κ3) is 7.28. The number of allylic oxidation sites excluding steroid dienone is 1. The van der Waals surface area contributed by atoms with Crippen LogP contribution in [-0.2, 0) is 27.4 Å². The molecule has 9 nitrogen and oxygen atoms in total. The van der Waals surface area contributed by atoms with Gasteiger partial charge in [0.25, 0.3) is 11.1 Å². The minimum Gasteiger partial charge on any atom is -0.493 e. The van der Waals surface area contributed by atoms with E-state index in [-0.39, 0.29) is 4.91 Å². The van der Waals surface area contributed by atoms with Crippen molar-refractivity contribution in [2.24, 2.45) is 0 Å². The number of morpholine rings is 1. The number of nitrogens with zero attached hydrogens (tertiary/aromatic N) is 2. The first-order chi connectivity index (χ1) is 21.0. The topological polar surface area (TPSA) is 97.4 Å². The fraction of sp³-hybridized carbons (Fsp3) is 0.242. The van der Waals surface area contributed by atoms with Crippen molar-refractivity contribution in [1.82, 2.24) is 4.90 Å². The number of rotatable bonds is 11. The summed E-state index contributed by atoms with van der Waals surface area (Å²) in [4.78, 5) is 42.4. The van der Waals surface area contributed by atoms with Crippen LogP contribution in [0.15, 0.2) is 84.3 Å². The van der Waals surface area contributed by atoms with Gasteiger partial charge in [0, 0.05) is 18.7 Å². The molecule has 2 saturated heterocycles. The maximum Gasteiger partial charge on any atom is 0.294 e. The highest BCUT2D eigenvalue weighted by molar-refractivity contribution is 8.18. The second-order valence-corrected chi connectivity index (χ2v) is 10.9. The fourth-order valence-corrected chi connectivity index (χ4v) is 5.74. The van der Waals surface area contributed by atoms with E-state index in [0.717, 1.165) is 33.5 Å². The van der Waals surface area contributed by atoms with Gasteiger partial charge < -0.3 is 24.4 Å². The zero-order valence-corrected chi connectivity index (χ0v) is 24.7. The highest BCUT2D eigenvalue weighted by Gasteiger charge is 2.36. The summed E-state index contributed by atoms with van der Waals surface area (Å²) in [5.74, 6) is 0.101. The van der Waals surface area contributed by atoms with Gasteiger partial charge in [0.15, 0.2) is 11.5 Å². The Labute approximate surface area is 255 Å². The van der Waals surface area contributed by atoms with Crippen LogP contribution >= 0.6 is 11.8 Å². The van der Waals surface area contributed by atoms with Gasteiger partial charge in [0.05, 0.1) is 36.6 Å². The molecule has 0 aliphatic carbocycles. The molecule has 3 amide bonds. The van der Waals surface area contributed by atoms with Crippen molar-refractivity contribution >= 4 is 46.3 Å². The first kappa shape index (κ1) is 29.9. The third-order valence-electron chi connectivity index (χ3n) is 6.97. The first-order valence-corrected chi connectivity index (χ1v) is 14.7. The average Bonchev–Trinajstić information content (AvgIpc) is 3.28. The van der Waals surface area contributed by atoms with Gasteiger partial charge in [0.1, 0.15) is 13.2 Å². The molecule has 0 spiro atoms. The van der Waals surface area contributed by atoms with Gasteiger partial charge in [-0.1, -0.05) is 48.5 Å². The normalized spacial score (nSPS) is 16.0. The van der Waals surface area contributed by atoms with E-state index in [1.807, 2.05) is 54.6 Å². The quantitative estimate of drug-likeness (QED) is 0.228. The van der Waals surface area contributed by atoms with Gasteiger partial charge in [-0.15, -0.1) is 6.58 Å². The Balaban J connectivity index is 1.30. The predicted octanol–water partition coefficient (Wildman–Crippen LogP) is 5.51. The molecule has 10 heteroatoms. The summed E-state index contributed by atoms with van der Waals surface area (Å²) in [6.07, 6.45) is 3.90. The fourth-order valence-electron chi connectivity index (χ4n) is 4.90. The SMILES string of the molecule is C=CCc1cc(/C=C2\SC(=O)N(CC(=O)Nc3ccccc3N3CCOCC3)C2=O)cc(OC)c1OCc1ccccc1. The van der Waals surface area contributed by atoms with E-state index in [0.29, 0.717) is 62.1 Å². The van der Waals surface area contributed by atoms with Crippen molar-refractivity contribution in [3.05, 3.63) is 101 Å². The number of methoxy groups -OCH3 is 1. The van der Waals surface area contributed by atoms with Gasteiger partial charge in [-0.05, 0) is 59.7 Å². The molecule has 0 aromatic heterocycles. The van der Waals surface area contributed by atoms with Crippen molar-refractivity contribution < 1.29 is 28.6 Å². The molecule has 3 aromatic rings. The lowest BCUT2D eigenvalue weighted by molar-refractivity contribution is -0.127. The summed E-state index contributed by atoms with van der Waals surface area (Å²) in [5.41, 5.74) is 3.99. The van der Waals surface area contributed by atoms with Crippen LogP contribution in [0.25, 0.3) is 6.08 Å². The van der Waals surface area contributed by atoms with E-state index in [9.17, 15) is 14.4 Å². The maximum absolute atomic E-state index is 13.3. The number of thioether (sulfide) groups is 1. The third-order valence-corrected chi connectivity index (χ3v) is 7.87. The summed E-state index contributed by atoms with van der Waals surface area (Å²) in [6, 6.07) is 20.9. The van der Waals surface area contributed by atoms with Crippen molar-refractivity contribution in [1.29, 1.82) is 0 Å². The van der Waals surface area contributed by atoms with Crippen LogP contribution in [-0.4, -0.2) is 61.9 Å². The maximum atomic E-state index is 13.3. The molecule has 0 radical (unpaired) electrons. The Morgan fingerprint density at radius 2 is 1.81 bits per heavy atom. The number of ether oxygens (including phenoxy) is 3. The molecule has 222 valence electrons. The Morgan fingerprint density at radius 1 is 1.07 bits per heavy atom. The number of imide groups is 1. The van der Waals surface area contributed by atoms with E-state index in [2.05, 4.69) is 16.8 Å². The number of para-hydroxylation sites is 2. The molecule has 2 fully saturated rings. The lowest BCUT2D eigenvalue weighted by Crippen LogP contribution is -2.38. The summed E-state index contributed by atoms with van der Waals surface area (Å²) >= 11 is 0.799. The second kappa shape index (κ2) is 14.1. The molecule has 0 bridgehead atoms. The van der Waals surface area contributed by atoms with Gasteiger partial charge in [-0.25, -0.2) is 0 Å². The van der Waals surface area contributed by atoms with Gasteiger partial charge in [0.2, 0.25) is 5.91 Å². The van der Waals surface area contributed by atoms with Crippen molar-refractivity contribution in [2.75, 3.05) is 50.2 Å². The van der Waals surface area contributed by atoms with Crippen LogP contribution in [0.4, 0.5) is 16.2 Å². The molecule has 2 aliphatic rings. The molecule has 5 rings (SSSR count). The molecular weight excluding hydrogens is 566 g/mol. The zero-order valence-electron chi connectivity index (χ0n) is 23.9. The van der Waals surface area contributed by atoms with Crippen LogP contribution in [0.5, 0.6) is 11.5 Å². The summed E-state index contributed by atoms with van der Waals surface area (Å²) in [6.45, 7) is 6.46. The van der Waals surface area contributed by atoms with Crippen LogP contribution in [0.2, 0.25) is 0 Å². The van der Waals surface area contributed by atoms with Crippen LogP contribution in [0.3, 0.4) is 0 Å². The van der Waals surface area contributed by atoms with Crippen LogP contribution < -0.4 is 19.7 Å². The molecule has 1 N–H and O–H groups in total.